The number of aromatic nitrogens is 4. The number of rotatable bonds is 2. The Morgan fingerprint density at radius 2 is 1.95 bits per heavy atom. The van der Waals surface area contributed by atoms with E-state index >= 15 is 0 Å². The minimum Gasteiger partial charge on any atom is -0.363 e. The number of hydrogen-bond acceptors (Lipinski definition) is 4. The molecule has 5 nitrogen and oxygen atoms in total. The van der Waals surface area contributed by atoms with E-state index in [0.29, 0.717) is 0 Å². The summed E-state index contributed by atoms with van der Waals surface area (Å²) in [4.78, 5) is 18.5. The Bertz CT molecular complexity index is 730. The van der Waals surface area contributed by atoms with Gasteiger partial charge in [-0.3, -0.25) is 4.98 Å². The molecule has 0 bridgehead atoms. The number of imidazole rings is 1. The van der Waals surface area contributed by atoms with Crippen LogP contribution in [-0.2, 0) is 0 Å². The van der Waals surface area contributed by atoms with Crippen LogP contribution in [0.2, 0.25) is 0 Å². The summed E-state index contributed by atoms with van der Waals surface area (Å²) < 4.78 is 0. The van der Waals surface area contributed by atoms with E-state index in [2.05, 4.69) is 19.9 Å². The number of pyridine rings is 2. The molecule has 96 valence electrons. The summed E-state index contributed by atoms with van der Waals surface area (Å²) in [6.07, 6.45) is 1.79. The third-order valence-corrected chi connectivity index (χ3v) is 2.96. The number of nitrogens with zero attached hydrogens (tertiary/aromatic N) is 4. The van der Waals surface area contributed by atoms with Crippen molar-refractivity contribution in [3.05, 3.63) is 36.2 Å². The fraction of sp³-hybridized carbons (Fsp3) is 0.214. The van der Waals surface area contributed by atoms with Gasteiger partial charge in [0.2, 0.25) is 0 Å². The highest BCUT2D eigenvalue weighted by Gasteiger charge is 2.08. The molecule has 0 saturated carbocycles. The van der Waals surface area contributed by atoms with Gasteiger partial charge in [-0.1, -0.05) is 0 Å². The first-order chi connectivity index (χ1) is 9.13. The summed E-state index contributed by atoms with van der Waals surface area (Å²) in [5, 5.41) is 0. The fourth-order valence-electron chi connectivity index (χ4n) is 1.96. The SMILES string of the molecule is Cc1cc(-c2nc3nc(N(C)C)ccc3[nH]2)ccn1. The topological polar surface area (TPSA) is 57.7 Å². The molecule has 3 rings (SSSR count). The number of aromatic amines is 1. The van der Waals surface area contributed by atoms with E-state index in [1.54, 1.807) is 6.20 Å². The van der Waals surface area contributed by atoms with Crippen LogP contribution in [0.5, 0.6) is 0 Å². The van der Waals surface area contributed by atoms with E-state index in [-0.39, 0.29) is 0 Å². The van der Waals surface area contributed by atoms with Crippen molar-refractivity contribution in [1.29, 1.82) is 0 Å². The zero-order valence-corrected chi connectivity index (χ0v) is 11.2. The standard InChI is InChI=1S/C14H15N5/c1-9-8-10(6-7-15-9)13-16-11-4-5-12(19(2)3)17-14(11)18-13/h4-8H,1-3H3,(H,16,17,18). The van der Waals surface area contributed by atoms with Gasteiger partial charge in [0.05, 0.1) is 5.52 Å². The molecular weight excluding hydrogens is 238 g/mol. The number of H-pyrrole nitrogens is 1. The summed E-state index contributed by atoms with van der Waals surface area (Å²) in [5.41, 5.74) is 3.67. The van der Waals surface area contributed by atoms with Gasteiger partial charge in [-0.05, 0) is 31.2 Å². The second-order valence-electron chi connectivity index (χ2n) is 4.71. The van der Waals surface area contributed by atoms with Crippen LogP contribution in [-0.4, -0.2) is 34.0 Å². The van der Waals surface area contributed by atoms with Gasteiger partial charge in [0.15, 0.2) is 5.65 Å². The number of aryl methyl sites for hydroxylation is 1. The van der Waals surface area contributed by atoms with Gasteiger partial charge in [0, 0.05) is 31.5 Å². The lowest BCUT2D eigenvalue weighted by atomic mass is 10.2. The fourth-order valence-corrected chi connectivity index (χ4v) is 1.96. The molecule has 3 aromatic heterocycles. The first kappa shape index (κ1) is 11.6. The first-order valence-corrected chi connectivity index (χ1v) is 6.10. The van der Waals surface area contributed by atoms with Crippen LogP contribution in [0.1, 0.15) is 5.69 Å². The highest BCUT2D eigenvalue weighted by Crippen LogP contribution is 2.21. The normalized spacial score (nSPS) is 10.9. The van der Waals surface area contributed by atoms with Crippen molar-refractivity contribution in [2.75, 3.05) is 19.0 Å². The Balaban J connectivity index is 2.11. The van der Waals surface area contributed by atoms with E-state index in [0.717, 1.165) is 34.1 Å². The quantitative estimate of drug-likeness (QED) is 0.762. The molecule has 3 heterocycles. The lowest BCUT2D eigenvalue weighted by molar-refractivity contribution is 1.08. The van der Waals surface area contributed by atoms with E-state index < -0.39 is 0 Å². The second-order valence-corrected chi connectivity index (χ2v) is 4.71. The van der Waals surface area contributed by atoms with Gasteiger partial charge in [-0.15, -0.1) is 0 Å². The molecule has 0 aliphatic heterocycles. The molecular formula is C14H15N5. The summed E-state index contributed by atoms with van der Waals surface area (Å²) in [6.45, 7) is 1.97. The third kappa shape index (κ3) is 2.14. The van der Waals surface area contributed by atoms with Crippen molar-refractivity contribution in [3.8, 4) is 11.4 Å². The van der Waals surface area contributed by atoms with Crippen LogP contribution in [0.25, 0.3) is 22.6 Å². The van der Waals surface area contributed by atoms with Crippen molar-refractivity contribution >= 4 is 17.0 Å². The zero-order chi connectivity index (χ0) is 13.4. The second kappa shape index (κ2) is 4.35. The van der Waals surface area contributed by atoms with E-state index in [1.165, 1.54) is 0 Å². The van der Waals surface area contributed by atoms with Gasteiger partial charge in [0.1, 0.15) is 11.6 Å². The van der Waals surface area contributed by atoms with Gasteiger partial charge < -0.3 is 9.88 Å². The van der Waals surface area contributed by atoms with Crippen LogP contribution < -0.4 is 4.90 Å². The van der Waals surface area contributed by atoms with Crippen LogP contribution in [0.4, 0.5) is 5.82 Å². The van der Waals surface area contributed by atoms with Crippen molar-refractivity contribution in [2.24, 2.45) is 0 Å². The number of nitrogens with one attached hydrogen (secondary N) is 1. The lowest BCUT2D eigenvalue weighted by Gasteiger charge is -2.09. The number of fused-ring (bicyclic) bond motifs is 1. The molecule has 5 heteroatoms. The molecule has 0 spiro atoms. The minimum atomic E-state index is 0.732. The summed E-state index contributed by atoms with van der Waals surface area (Å²) >= 11 is 0. The Hall–Kier alpha value is -2.43. The Kier molecular flexibility index (Phi) is 2.67. The molecule has 0 aliphatic rings. The molecule has 0 aromatic carbocycles. The van der Waals surface area contributed by atoms with Crippen LogP contribution in [0.3, 0.4) is 0 Å². The van der Waals surface area contributed by atoms with Gasteiger partial charge >= 0.3 is 0 Å². The third-order valence-electron chi connectivity index (χ3n) is 2.96. The molecule has 0 fully saturated rings. The average Bonchev–Trinajstić information content (AvgIpc) is 2.81. The molecule has 0 radical (unpaired) electrons. The maximum Gasteiger partial charge on any atom is 0.180 e. The monoisotopic (exact) mass is 253 g/mol. The zero-order valence-electron chi connectivity index (χ0n) is 11.2. The molecule has 3 aromatic rings. The Labute approximate surface area is 111 Å². The maximum absolute atomic E-state index is 4.55. The number of hydrogen-bond donors (Lipinski definition) is 1. The van der Waals surface area contributed by atoms with E-state index in [1.807, 2.05) is 50.2 Å². The molecule has 0 unspecified atom stereocenters. The summed E-state index contributed by atoms with van der Waals surface area (Å²) in [7, 11) is 3.93. The first-order valence-electron chi connectivity index (χ1n) is 6.10. The van der Waals surface area contributed by atoms with Crippen LogP contribution >= 0.6 is 0 Å². The van der Waals surface area contributed by atoms with Crippen molar-refractivity contribution < 1.29 is 0 Å². The maximum atomic E-state index is 4.55. The highest BCUT2D eigenvalue weighted by atomic mass is 15.1. The molecule has 0 saturated heterocycles. The summed E-state index contributed by atoms with van der Waals surface area (Å²) in [5.74, 6) is 1.72. The Morgan fingerprint density at radius 1 is 1.11 bits per heavy atom. The average molecular weight is 253 g/mol. The smallest absolute Gasteiger partial charge is 0.180 e. The van der Waals surface area contributed by atoms with Gasteiger partial charge in [0.25, 0.3) is 0 Å². The lowest BCUT2D eigenvalue weighted by Crippen LogP contribution is -2.10. The van der Waals surface area contributed by atoms with Crippen molar-refractivity contribution in [2.45, 2.75) is 6.92 Å². The summed E-state index contributed by atoms with van der Waals surface area (Å²) in [6, 6.07) is 7.92. The predicted octanol–water partition coefficient (Wildman–Crippen LogP) is 2.39. The molecule has 0 aliphatic carbocycles. The molecule has 0 amide bonds. The predicted molar refractivity (Wildman–Crippen MR) is 76.2 cm³/mol. The largest absolute Gasteiger partial charge is 0.363 e. The van der Waals surface area contributed by atoms with Crippen LogP contribution in [0, 0.1) is 6.92 Å². The minimum absolute atomic E-state index is 0.732. The van der Waals surface area contributed by atoms with Gasteiger partial charge in [-0.2, -0.15) is 0 Å². The number of anilines is 1. The van der Waals surface area contributed by atoms with Crippen molar-refractivity contribution in [1.82, 2.24) is 19.9 Å². The molecule has 19 heavy (non-hydrogen) atoms. The highest BCUT2D eigenvalue weighted by molar-refractivity contribution is 5.77. The Morgan fingerprint density at radius 3 is 2.68 bits per heavy atom. The molecule has 1 N–H and O–H groups in total. The van der Waals surface area contributed by atoms with Gasteiger partial charge in [-0.25, -0.2) is 9.97 Å². The molecule has 0 atom stereocenters. The van der Waals surface area contributed by atoms with Crippen molar-refractivity contribution in [3.63, 3.8) is 0 Å². The van der Waals surface area contributed by atoms with Crippen LogP contribution in [0.15, 0.2) is 30.5 Å². The van der Waals surface area contributed by atoms with E-state index in [9.17, 15) is 0 Å². The van der Waals surface area contributed by atoms with E-state index in [4.69, 9.17) is 0 Å².